The van der Waals surface area contributed by atoms with E-state index in [4.69, 9.17) is 15.2 Å². The molecule has 1 heterocycles. The smallest absolute Gasteiger partial charge is 0.278 e. The van der Waals surface area contributed by atoms with Crippen LogP contribution in [0.3, 0.4) is 0 Å². The third kappa shape index (κ3) is 2.74. The Morgan fingerprint density at radius 3 is 2.58 bits per heavy atom. The van der Waals surface area contributed by atoms with E-state index in [-0.39, 0.29) is 30.9 Å². The Balaban J connectivity index is 0.00000133. The molecule has 2 aliphatic rings. The summed E-state index contributed by atoms with van der Waals surface area (Å²) in [6.07, 6.45) is 3.14. The highest BCUT2D eigenvalue weighted by Crippen LogP contribution is 2.43. The fraction of sp³-hybridized carbons (Fsp3) is 0.500. The van der Waals surface area contributed by atoms with Gasteiger partial charge in [0, 0.05) is 6.04 Å². The van der Waals surface area contributed by atoms with Crippen LogP contribution in [0.1, 0.15) is 30.9 Å². The number of hydrogen-bond donors (Lipinski definition) is 1. The molecule has 7 heteroatoms. The zero-order valence-corrected chi connectivity index (χ0v) is 11.0. The highest BCUT2D eigenvalue weighted by Gasteiger charge is 2.30. The Morgan fingerprint density at radius 2 is 2.00 bits per heavy atom. The third-order valence-corrected chi connectivity index (χ3v) is 3.40. The molecule has 6 nitrogen and oxygen atoms in total. The molecule has 1 aliphatic heterocycles. The molecular formula is C12H15ClN2O4. The fourth-order valence-electron chi connectivity index (χ4n) is 2.24. The van der Waals surface area contributed by atoms with E-state index in [1.165, 1.54) is 18.9 Å². The first kappa shape index (κ1) is 13.9. The summed E-state index contributed by atoms with van der Waals surface area (Å²) in [5.74, 6) is 1.58. The number of benzene rings is 1. The Morgan fingerprint density at radius 1 is 1.37 bits per heavy atom. The molecule has 1 atom stereocenters. The Labute approximate surface area is 116 Å². The van der Waals surface area contributed by atoms with E-state index in [9.17, 15) is 10.1 Å². The van der Waals surface area contributed by atoms with Gasteiger partial charge in [0.1, 0.15) is 0 Å². The van der Waals surface area contributed by atoms with Crippen molar-refractivity contribution in [1.82, 2.24) is 0 Å². The monoisotopic (exact) mass is 286 g/mol. The first-order valence-electron chi connectivity index (χ1n) is 5.98. The van der Waals surface area contributed by atoms with Gasteiger partial charge in [-0.15, -0.1) is 12.4 Å². The highest BCUT2D eigenvalue weighted by atomic mass is 35.5. The number of nitrogens with zero attached hydrogens (tertiary/aromatic N) is 1. The first-order valence-corrected chi connectivity index (χ1v) is 5.98. The summed E-state index contributed by atoms with van der Waals surface area (Å²) in [6.45, 7) is 0.105. The number of fused-ring (bicyclic) bond motifs is 1. The van der Waals surface area contributed by atoms with Crippen molar-refractivity contribution in [3.63, 3.8) is 0 Å². The summed E-state index contributed by atoms with van der Waals surface area (Å²) < 4.78 is 10.4. The van der Waals surface area contributed by atoms with Gasteiger partial charge in [0.15, 0.2) is 11.5 Å². The second-order valence-electron chi connectivity index (χ2n) is 4.81. The fourth-order valence-corrected chi connectivity index (χ4v) is 2.24. The van der Waals surface area contributed by atoms with Gasteiger partial charge in [0.05, 0.1) is 16.6 Å². The average Bonchev–Trinajstić information content (AvgIpc) is 3.03. The number of nitro groups is 1. The lowest BCUT2D eigenvalue weighted by Crippen LogP contribution is -2.13. The number of halogens is 1. The molecule has 0 aromatic heterocycles. The summed E-state index contributed by atoms with van der Waals surface area (Å²) in [5.41, 5.74) is 6.63. The lowest BCUT2D eigenvalue weighted by atomic mass is 9.99. The minimum Gasteiger partial charge on any atom is -0.454 e. The van der Waals surface area contributed by atoms with Gasteiger partial charge in [-0.25, -0.2) is 0 Å². The summed E-state index contributed by atoms with van der Waals surface area (Å²) in [4.78, 5) is 10.7. The molecule has 0 saturated heterocycles. The standard InChI is InChI=1S/C12H14N2O4.ClH/c13-9(3-7-1-2-7)8-4-11-12(18-6-17-11)5-10(8)14(15)16;/h4-5,7,9H,1-3,6,13H2;1H/t9-;/m0./s1. The molecule has 104 valence electrons. The van der Waals surface area contributed by atoms with Gasteiger partial charge in [-0.1, -0.05) is 12.8 Å². The minimum atomic E-state index is -0.413. The van der Waals surface area contributed by atoms with E-state index < -0.39 is 4.92 Å². The SMILES string of the molecule is Cl.N[C@@H](CC1CC1)c1cc2c(cc1[N+](=O)[O-])OCO2. The van der Waals surface area contributed by atoms with Crippen molar-refractivity contribution < 1.29 is 14.4 Å². The van der Waals surface area contributed by atoms with E-state index in [0.717, 1.165) is 6.42 Å². The quantitative estimate of drug-likeness (QED) is 0.679. The van der Waals surface area contributed by atoms with Crippen molar-refractivity contribution in [1.29, 1.82) is 0 Å². The number of ether oxygens (including phenoxy) is 2. The molecule has 1 fully saturated rings. The van der Waals surface area contributed by atoms with Crippen molar-refractivity contribution in [3.8, 4) is 11.5 Å². The average molecular weight is 287 g/mol. The number of rotatable bonds is 4. The van der Waals surface area contributed by atoms with Crippen LogP contribution in [0.4, 0.5) is 5.69 Å². The zero-order valence-electron chi connectivity index (χ0n) is 10.2. The Hall–Kier alpha value is -1.53. The van der Waals surface area contributed by atoms with Crippen LogP contribution in [0.25, 0.3) is 0 Å². The molecule has 19 heavy (non-hydrogen) atoms. The van der Waals surface area contributed by atoms with E-state index in [0.29, 0.717) is 23.0 Å². The van der Waals surface area contributed by atoms with E-state index >= 15 is 0 Å². The molecule has 1 aromatic rings. The summed E-state index contributed by atoms with van der Waals surface area (Å²) in [5, 5.41) is 11.1. The predicted octanol–water partition coefficient (Wildman–Crippen LogP) is 2.55. The Kier molecular flexibility index (Phi) is 3.82. The van der Waals surface area contributed by atoms with Crippen molar-refractivity contribution in [2.75, 3.05) is 6.79 Å². The van der Waals surface area contributed by atoms with Crippen LogP contribution in [-0.2, 0) is 0 Å². The van der Waals surface area contributed by atoms with Gasteiger partial charge < -0.3 is 15.2 Å². The molecule has 3 rings (SSSR count). The third-order valence-electron chi connectivity index (χ3n) is 3.40. The highest BCUT2D eigenvalue weighted by molar-refractivity contribution is 5.85. The predicted molar refractivity (Wildman–Crippen MR) is 70.7 cm³/mol. The van der Waals surface area contributed by atoms with E-state index in [1.54, 1.807) is 6.07 Å². The Bertz CT molecular complexity index is 505. The molecule has 2 N–H and O–H groups in total. The van der Waals surface area contributed by atoms with E-state index in [2.05, 4.69) is 0 Å². The lowest BCUT2D eigenvalue weighted by molar-refractivity contribution is -0.385. The van der Waals surface area contributed by atoms with Crippen molar-refractivity contribution >= 4 is 18.1 Å². The molecular weight excluding hydrogens is 272 g/mol. The van der Waals surface area contributed by atoms with Crippen molar-refractivity contribution in [2.45, 2.75) is 25.3 Å². The topological polar surface area (TPSA) is 87.6 Å². The van der Waals surface area contributed by atoms with Gasteiger partial charge in [-0.05, 0) is 18.4 Å². The number of nitro benzene ring substituents is 1. The van der Waals surface area contributed by atoms with Crippen LogP contribution >= 0.6 is 12.4 Å². The second-order valence-corrected chi connectivity index (χ2v) is 4.81. The molecule has 1 aromatic carbocycles. The van der Waals surface area contributed by atoms with Gasteiger partial charge in [0.25, 0.3) is 5.69 Å². The molecule has 0 amide bonds. The van der Waals surface area contributed by atoms with Crippen LogP contribution in [0.15, 0.2) is 12.1 Å². The zero-order chi connectivity index (χ0) is 12.7. The summed E-state index contributed by atoms with van der Waals surface area (Å²) >= 11 is 0. The van der Waals surface area contributed by atoms with Crippen LogP contribution < -0.4 is 15.2 Å². The molecule has 0 radical (unpaired) electrons. The maximum absolute atomic E-state index is 11.1. The maximum Gasteiger partial charge on any atom is 0.278 e. The van der Waals surface area contributed by atoms with Crippen molar-refractivity contribution in [3.05, 3.63) is 27.8 Å². The first-order chi connectivity index (χ1) is 8.65. The van der Waals surface area contributed by atoms with Crippen LogP contribution in [-0.4, -0.2) is 11.7 Å². The van der Waals surface area contributed by atoms with Crippen molar-refractivity contribution in [2.24, 2.45) is 11.7 Å². The maximum atomic E-state index is 11.1. The van der Waals surface area contributed by atoms with Gasteiger partial charge in [0.2, 0.25) is 6.79 Å². The minimum absolute atomic E-state index is 0. The van der Waals surface area contributed by atoms with Gasteiger partial charge in [-0.2, -0.15) is 0 Å². The lowest BCUT2D eigenvalue weighted by Gasteiger charge is -2.12. The summed E-state index contributed by atoms with van der Waals surface area (Å²) in [6, 6.07) is 2.74. The van der Waals surface area contributed by atoms with Gasteiger partial charge in [-0.3, -0.25) is 10.1 Å². The summed E-state index contributed by atoms with van der Waals surface area (Å²) in [7, 11) is 0. The van der Waals surface area contributed by atoms with Crippen LogP contribution in [0.2, 0.25) is 0 Å². The largest absolute Gasteiger partial charge is 0.454 e. The molecule has 0 spiro atoms. The van der Waals surface area contributed by atoms with Crippen LogP contribution in [0.5, 0.6) is 11.5 Å². The molecule has 0 unspecified atom stereocenters. The van der Waals surface area contributed by atoms with Gasteiger partial charge >= 0.3 is 0 Å². The van der Waals surface area contributed by atoms with Crippen LogP contribution in [0, 0.1) is 16.0 Å². The van der Waals surface area contributed by atoms with E-state index in [1.807, 2.05) is 0 Å². The number of nitrogens with two attached hydrogens (primary N) is 1. The molecule has 1 saturated carbocycles. The second kappa shape index (κ2) is 5.22. The molecule has 0 bridgehead atoms. The molecule has 1 aliphatic carbocycles. The normalized spacial score (nSPS) is 17.7. The number of hydrogen-bond acceptors (Lipinski definition) is 5.